The number of amides is 1. The minimum absolute atomic E-state index is 0.105. The van der Waals surface area contributed by atoms with Gasteiger partial charge in [-0.05, 0) is 18.8 Å². The summed E-state index contributed by atoms with van der Waals surface area (Å²) in [6.45, 7) is 2.31. The molecular formula is C11H15N3O2. The minimum Gasteiger partial charge on any atom is -0.381 e. The largest absolute Gasteiger partial charge is 0.381 e. The number of nitrogens with one attached hydrogen (secondary N) is 1. The smallest absolute Gasteiger partial charge is 0.254 e. The molecule has 1 aromatic rings. The molecular weight excluding hydrogens is 206 g/mol. The fourth-order valence-electron chi connectivity index (χ4n) is 1.71. The molecule has 0 saturated carbocycles. The van der Waals surface area contributed by atoms with Crippen LogP contribution in [0.2, 0.25) is 0 Å². The highest BCUT2D eigenvalue weighted by Gasteiger charge is 2.15. The van der Waals surface area contributed by atoms with E-state index in [-0.39, 0.29) is 5.91 Å². The van der Waals surface area contributed by atoms with E-state index < -0.39 is 0 Å². The van der Waals surface area contributed by atoms with Crippen molar-refractivity contribution >= 4 is 5.91 Å². The molecule has 86 valence electrons. The van der Waals surface area contributed by atoms with Crippen molar-refractivity contribution in [3.05, 3.63) is 24.3 Å². The molecule has 1 saturated heterocycles. The zero-order valence-corrected chi connectivity index (χ0v) is 9.06. The summed E-state index contributed by atoms with van der Waals surface area (Å²) in [5.74, 6) is 0.425. The summed E-state index contributed by atoms with van der Waals surface area (Å²) in [5.41, 5.74) is 0.509. The molecule has 1 aromatic heterocycles. The lowest BCUT2D eigenvalue weighted by Gasteiger charge is -2.22. The topological polar surface area (TPSA) is 64.1 Å². The third-order valence-corrected chi connectivity index (χ3v) is 2.71. The van der Waals surface area contributed by atoms with Crippen molar-refractivity contribution < 1.29 is 9.53 Å². The Balaban J connectivity index is 1.79. The van der Waals surface area contributed by atoms with Gasteiger partial charge in [0, 0.05) is 32.2 Å². The highest BCUT2D eigenvalue weighted by atomic mass is 16.5. The zero-order valence-electron chi connectivity index (χ0n) is 9.06. The van der Waals surface area contributed by atoms with Crippen LogP contribution >= 0.6 is 0 Å². The van der Waals surface area contributed by atoms with E-state index in [4.69, 9.17) is 4.74 Å². The molecule has 0 unspecified atom stereocenters. The maximum absolute atomic E-state index is 11.7. The van der Waals surface area contributed by atoms with Crippen LogP contribution in [0.1, 0.15) is 23.2 Å². The van der Waals surface area contributed by atoms with E-state index in [0.717, 1.165) is 26.1 Å². The average Bonchev–Trinajstić information content (AvgIpc) is 2.38. The van der Waals surface area contributed by atoms with Gasteiger partial charge in [0.1, 0.15) is 6.33 Å². The average molecular weight is 221 g/mol. The van der Waals surface area contributed by atoms with Crippen LogP contribution in [0.3, 0.4) is 0 Å². The number of carbonyl (C=O) groups excluding carboxylic acids is 1. The normalized spacial score (nSPS) is 17.0. The second-order valence-corrected chi connectivity index (χ2v) is 3.89. The molecule has 2 rings (SSSR count). The third-order valence-electron chi connectivity index (χ3n) is 2.71. The maximum Gasteiger partial charge on any atom is 0.254 e. The molecule has 1 fully saturated rings. The van der Waals surface area contributed by atoms with Crippen LogP contribution in [-0.4, -0.2) is 35.6 Å². The van der Waals surface area contributed by atoms with E-state index in [1.54, 1.807) is 0 Å². The van der Waals surface area contributed by atoms with E-state index in [9.17, 15) is 4.79 Å². The highest BCUT2D eigenvalue weighted by molar-refractivity contribution is 5.93. The second-order valence-electron chi connectivity index (χ2n) is 3.89. The molecule has 0 radical (unpaired) electrons. The van der Waals surface area contributed by atoms with Crippen molar-refractivity contribution in [1.82, 2.24) is 15.3 Å². The van der Waals surface area contributed by atoms with Crippen LogP contribution in [-0.2, 0) is 4.74 Å². The highest BCUT2D eigenvalue weighted by Crippen LogP contribution is 2.13. The van der Waals surface area contributed by atoms with E-state index in [1.165, 1.54) is 18.7 Å². The Morgan fingerprint density at radius 2 is 2.06 bits per heavy atom. The zero-order chi connectivity index (χ0) is 11.2. The van der Waals surface area contributed by atoms with Gasteiger partial charge >= 0.3 is 0 Å². The first-order chi connectivity index (χ1) is 7.86. The second kappa shape index (κ2) is 5.55. The molecule has 5 heteroatoms. The number of hydrogen-bond acceptors (Lipinski definition) is 4. The molecule has 1 aliphatic heterocycles. The van der Waals surface area contributed by atoms with Crippen molar-refractivity contribution in [1.29, 1.82) is 0 Å². The molecule has 16 heavy (non-hydrogen) atoms. The predicted octanol–water partition coefficient (Wildman–Crippen LogP) is 0.633. The van der Waals surface area contributed by atoms with Gasteiger partial charge in [-0.2, -0.15) is 0 Å². The van der Waals surface area contributed by atoms with Crippen LogP contribution in [0.4, 0.5) is 0 Å². The molecule has 0 aliphatic carbocycles. The van der Waals surface area contributed by atoms with Gasteiger partial charge in [0.05, 0.1) is 5.56 Å². The van der Waals surface area contributed by atoms with Gasteiger partial charge in [-0.1, -0.05) is 0 Å². The van der Waals surface area contributed by atoms with Gasteiger partial charge in [0.25, 0.3) is 5.91 Å². The summed E-state index contributed by atoms with van der Waals surface area (Å²) in [6, 6.07) is 0. The Kier molecular flexibility index (Phi) is 3.82. The molecule has 2 heterocycles. The Morgan fingerprint density at radius 3 is 2.75 bits per heavy atom. The van der Waals surface area contributed by atoms with Gasteiger partial charge in [-0.25, -0.2) is 9.97 Å². The summed E-state index contributed by atoms with van der Waals surface area (Å²) >= 11 is 0. The Morgan fingerprint density at radius 1 is 1.38 bits per heavy atom. The van der Waals surface area contributed by atoms with Gasteiger partial charge in [-0.3, -0.25) is 4.79 Å². The fourth-order valence-corrected chi connectivity index (χ4v) is 1.71. The monoisotopic (exact) mass is 221 g/mol. The summed E-state index contributed by atoms with van der Waals surface area (Å²) in [4.78, 5) is 19.3. The molecule has 0 atom stereocenters. The van der Waals surface area contributed by atoms with Crippen LogP contribution in [0.25, 0.3) is 0 Å². The summed E-state index contributed by atoms with van der Waals surface area (Å²) in [7, 11) is 0. The Hall–Kier alpha value is -1.49. The van der Waals surface area contributed by atoms with Gasteiger partial charge in [-0.15, -0.1) is 0 Å². The van der Waals surface area contributed by atoms with Gasteiger partial charge in [0.2, 0.25) is 0 Å². The predicted molar refractivity (Wildman–Crippen MR) is 57.9 cm³/mol. The van der Waals surface area contributed by atoms with Crippen molar-refractivity contribution in [3.8, 4) is 0 Å². The van der Waals surface area contributed by atoms with E-state index in [0.29, 0.717) is 18.0 Å². The Labute approximate surface area is 94.2 Å². The third kappa shape index (κ3) is 3.00. The van der Waals surface area contributed by atoms with Crippen molar-refractivity contribution in [2.75, 3.05) is 19.8 Å². The summed E-state index contributed by atoms with van der Waals surface area (Å²) in [5, 5.41) is 2.89. The lowest BCUT2D eigenvalue weighted by Crippen LogP contribution is -2.32. The number of rotatable bonds is 3. The first kappa shape index (κ1) is 11.0. The molecule has 1 aliphatic rings. The van der Waals surface area contributed by atoms with Crippen molar-refractivity contribution in [2.24, 2.45) is 5.92 Å². The fraction of sp³-hybridized carbons (Fsp3) is 0.545. The molecule has 0 spiro atoms. The standard InChI is InChI=1S/C11H15N3O2/c15-11(10-6-12-8-13-7-10)14-5-9-1-3-16-4-2-9/h6-9H,1-5H2,(H,14,15). The van der Waals surface area contributed by atoms with E-state index in [1.807, 2.05) is 0 Å². The number of hydrogen-bond donors (Lipinski definition) is 1. The van der Waals surface area contributed by atoms with Gasteiger partial charge in [0.15, 0.2) is 0 Å². The lowest BCUT2D eigenvalue weighted by molar-refractivity contribution is 0.0642. The summed E-state index contributed by atoms with van der Waals surface area (Å²) < 4.78 is 5.26. The quantitative estimate of drug-likeness (QED) is 0.813. The van der Waals surface area contributed by atoms with Crippen LogP contribution in [0.15, 0.2) is 18.7 Å². The lowest BCUT2D eigenvalue weighted by atomic mass is 10.0. The number of ether oxygens (including phenoxy) is 1. The molecule has 0 aromatic carbocycles. The molecule has 0 bridgehead atoms. The Bertz CT molecular complexity index is 336. The summed E-state index contributed by atoms with van der Waals surface area (Å²) in [6.07, 6.45) is 6.49. The van der Waals surface area contributed by atoms with Crippen LogP contribution in [0.5, 0.6) is 0 Å². The number of carbonyl (C=O) groups is 1. The first-order valence-corrected chi connectivity index (χ1v) is 5.47. The van der Waals surface area contributed by atoms with Crippen molar-refractivity contribution in [3.63, 3.8) is 0 Å². The molecule has 5 nitrogen and oxygen atoms in total. The first-order valence-electron chi connectivity index (χ1n) is 5.47. The van der Waals surface area contributed by atoms with Crippen LogP contribution in [0, 0.1) is 5.92 Å². The van der Waals surface area contributed by atoms with Crippen molar-refractivity contribution in [2.45, 2.75) is 12.8 Å². The van der Waals surface area contributed by atoms with E-state index >= 15 is 0 Å². The van der Waals surface area contributed by atoms with Gasteiger partial charge < -0.3 is 10.1 Å². The number of aromatic nitrogens is 2. The number of nitrogens with zero attached hydrogens (tertiary/aromatic N) is 2. The SMILES string of the molecule is O=C(NCC1CCOCC1)c1cncnc1. The molecule has 1 N–H and O–H groups in total. The van der Waals surface area contributed by atoms with Crippen LogP contribution < -0.4 is 5.32 Å². The molecule has 1 amide bonds. The van der Waals surface area contributed by atoms with E-state index in [2.05, 4.69) is 15.3 Å². The minimum atomic E-state index is -0.105. The maximum atomic E-state index is 11.7.